The predicted molar refractivity (Wildman–Crippen MR) is 110 cm³/mol. The lowest BCUT2D eigenvalue weighted by Gasteiger charge is -2.14. The second-order valence-corrected chi connectivity index (χ2v) is 7.77. The molecule has 0 bridgehead atoms. The number of aromatic amines is 1. The molecule has 0 aliphatic heterocycles. The highest BCUT2D eigenvalue weighted by molar-refractivity contribution is 6.02. The number of anilines is 1. The molecule has 10 heteroatoms. The van der Waals surface area contributed by atoms with E-state index in [-0.39, 0.29) is 30.1 Å². The number of hydrogen-bond donors (Lipinski definition) is 3. The molecule has 2 heterocycles. The van der Waals surface area contributed by atoms with E-state index in [0.717, 1.165) is 25.0 Å². The molecule has 2 amide bonds. The van der Waals surface area contributed by atoms with E-state index in [0.29, 0.717) is 30.4 Å². The largest absolute Gasteiger partial charge is 0.446 e. The van der Waals surface area contributed by atoms with Crippen LogP contribution < -0.4 is 10.6 Å². The topological polar surface area (TPSA) is 123 Å². The number of ether oxygens (including phenoxy) is 2. The maximum Gasteiger partial charge on any atom is 0.407 e. The summed E-state index contributed by atoms with van der Waals surface area (Å²) in [6.07, 6.45) is 1.92. The van der Waals surface area contributed by atoms with Crippen molar-refractivity contribution in [3.63, 3.8) is 0 Å². The van der Waals surface area contributed by atoms with Gasteiger partial charge < -0.3 is 20.1 Å². The van der Waals surface area contributed by atoms with Crippen molar-refractivity contribution < 1.29 is 19.1 Å². The Balaban J connectivity index is 1.58. The maximum atomic E-state index is 12.7. The quantitative estimate of drug-likeness (QED) is 0.606. The fourth-order valence-corrected chi connectivity index (χ4v) is 3.65. The molecule has 0 radical (unpaired) electrons. The van der Waals surface area contributed by atoms with Gasteiger partial charge in [0.15, 0.2) is 5.82 Å². The van der Waals surface area contributed by atoms with Crippen molar-refractivity contribution in [2.24, 2.45) is 0 Å². The number of nitrogens with zero attached hydrogens (tertiary/aromatic N) is 3. The second-order valence-electron chi connectivity index (χ2n) is 7.77. The number of carbonyl (C=O) groups excluding carboxylic acids is 2. The highest BCUT2D eigenvalue weighted by Crippen LogP contribution is 2.35. The van der Waals surface area contributed by atoms with Crippen LogP contribution in [-0.2, 0) is 22.6 Å². The van der Waals surface area contributed by atoms with Gasteiger partial charge in [0.05, 0.1) is 12.3 Å². The number of carbonyl (C=O) groups is 2. The Hall–Kier alpha value is -2.88. The van der Waals surface area contributed by atoms with Gasteiger partial charge in [-0.2, -0.15) is 10.2 Å². The molecule has 0 spiro atoms. The first-order valence-corrected chi connectivity index (χ1v) is 10.3. The summed E-state index contributed by atoms with van der Waals surface area (Å²) in [6.45, 7) is 6.63. The lowest BCUT2D eigenvalue weighted by atomic mass is 10.0. The number of nitrogens with one attached hydrogen (secondary N) is 3. The smallest absolute Gasteiger partial charge is 0.407 e. The molecule has 3 rings (SSSR count). The molecule has 30 heavy (non-hydrogen) atoms. The Kier molecular flexibility index (Phi) is 7.09. The van der Waals surface area contributed by atoms with Crippen molar-refractivity contribution in [1.82, 2.24) is 25.3 Å². The zero-order chi connectivity index (χ0) is 21.7. The van der Waals surface area contributed by atoms with E-state index in [4.69, 9.17) is 9.47 Å². The molecule has 2 atom stereocenters. The van der Waals surface area contributed by atoms with Crippen molar-refractivity contribution in [2.45, 2.75) is 71.2 Å². The molecule has 2 aromatic heterocycles. The van der Waals surface area contributed by atoms with Gasteiger partial charge in [-0.3, -0.25) is 14.6 Å². The maximum absolute atomic E-state index is 12.7. The van der Waals surface area contributed by atoms with E-state index >= 15 is 0 Å². The average Bonchev–Trinajstić information content (AvgIpc) is 3.40. The van der Waals surface area contributed by atoms with Crippen LogP contribution in [0.5, 0.6) is 0 Å². The summed E-state index contributed by atoms with van der Waals surface area (Å²) in [5.41, 5.74) is 2.08. The molecule has 0 unspecified atom stereocenters. The van der Waals surface area contributed by atoms with Crippen LogP contribution in [0.25, 0.3) is 0 Å². The monoisotopic (exact) mass is 418 g/mol. The summed E-state index contributed by atoms with van der Waals surface area (Å²) in [7, 11) is 1.59. The Bertz CT molecular complexity index is 875. The number of amides is 2. The normalized spacial score (nSPS) is 18.6. The highest BCUT2D eigenvalue weighted by Gasteiger charge is 2.30. The highest BCUT2D eigenvalue weighted by atomic mass is 16.6. The number of alkyl carbamates (subject to hydrolysis) is 1. The zero-order valence-corrected chi connectivity index (χ0v) is 17.9. The first-order valence-electron chi connectivity index (χ1n) is 10.3. The van der Waals surface area contributed by atoms with E-state index in [1.54, 1.807) is 17.9 Å². The van der Waals surface area contributed by atoms with E-state index in [2.05, 4.69) is 25.9 Å². The molecular weight excluding hydrogens is 388 g/mol. The number of methoxy groups -OCH3 is 1. The van der Waals surface area contributed by atoms with E-state index in [1.165, 1.54) is 0 Å². The van der Waals surface area contributed by atoms with Gasteiger partial charge in [0.1, 0.15) is 11.8 Å². The fourth-order valence-electron chi connectivity index (χ4n) is 3.65. The Morgan fingerprint density at radius 3 is 2.83 bits per heavy atom. The SMILES string of the molecule is CCn1nc(COC)cc1C(=O)Nc1cc([C@H]2CC[C@@H](OC(=O)NC(C)C)C2)[nH]n1. The molecule has 3 N–H and O–H groups in total. The van der Waals surface area contributed by atoms with Crippen molar-refractivity contribution in [3.05, 3.63) is 29.2 Å². The number of hydrogen-bond acceptors (Lipinski definition) is 6. The summed E-state index contributed by atoms with van der Waals surface area (Å²) < 4.78 is 12.2. The minimum Gasteiger partial charge on any atom is -0.446 e. The van der Waals surface area contributed by atoms with Crippen LogP contribution in [0, 0.1) is 0 Å². The van der Waals surface area contributed by atoms with Crippen molar-refractivity contribution in [3.8, 4) is 0 Å². The minimum atomic E-state index is -0.381. The van der Waals surface area contributed by atoms with Gasteiger partial charge in [-0.05, 0) is 46.1 Å². The van der Waals surface area contributed by atoms with Gasteiger partial charge in [0, 0.05) is 37.4 Å². The summed E-state index contributed by atoms with van der Waals surface area (Å²) >= 11 is 0. The number of H-pyrrole nitrogens is 1. The fraction of sp³-hybridized carbons (Fsp3) is 0.600. The van der Waals surface area contributed by atoms with Gasteiger partial charge in [-0.25, -0.2) is 4.79 Å². The molecular formula is C20H30N6O4. The lowest BCUT2D eigenvalue weighted by molar-refractivity contribution is 0.0979. The third-order valence-corrected chi connectivity index (χ3v) is 5.00. The predicted octanol–water partition coefficient (Wildman–Crippen LogP) is 2.80. The van der Waals surface area contributed by atoms with Gasteiger partial charge in [-0.1, -0.05) is 0 Å². The number of aryl methyl sites for hydroxylation is 1. The van der Waals surface area contributed by atoms with Crippen LogP contribution in [0.3, 0.4) is 0 Å². The van der Waals surface area contributed by atoms with E-state index in [9.17, 15) is 9.59 Å². The van der Waals surface area contributed by atoms with Crippen LogP contribution in [-0.4, -0.2) is 51.2 Å². The van der Waals surface area contributed by atoms with E-state index in [1.807, 2.05) is 26.8 Å². The summed E-state index contributed by atoms with van der Waals surface area (Å²) in [5, 5.41) is 17.1. The van der Waals surface area contributed by atoms with E-state index < -0.39 is 0 Å². The van der Waals surface area contributed by atoms with Crippen LogP contribution >= 0.6 is 0 Å². The standard InChI is InChI=1S/C20H30N6O4/c1-5-26-17(9-14(25-26)11-29-4)19(27)22-18-10-16(23-24-18)13-6-7-15(8-13)30-20(28)21-12(2)3/h9-10,12-13,15H,5-8,11H2,1-4H3,(H,21,28)(H2,22,23,24,27)/t13-,15+/m0/s1. The van der Waals surface area contributed by atoms with Crippen LogP contribution in [0.15, 0.2) is 12.1 Å². The molecule has 0 aromatic carbocycles. The third kappa shape index (κ3) is 5.38. The summed E-state index contributed by atoms with van der Waals surface area (Å²) in [4.78, 5) is 24.5. The van der Waals surface area contributed by atoms with Gasteiger partial charge in [-0.15, -0.1) is 0 Å². The third-order valence-electron chi connectivity index (χ3n) is 5.00. The zero-order valence-electron chi connectivity index (χ0n) is 17.9. The average molecular weight is 418 g/mol. The van der Waals surface area contributed by atoms with Crippen LogP contribution in [0.4, 0.5) is 10.6 Å². The van der Waals surface area contributed by atoms with Crippen LogP contribution in [0.1, 0.15) is 67.8 Å². The van der Waals surface area contributed by atoms with Gasteiger partial charge in [0.2, 0.25) is 0 Å². The second kappa shape index (κ2) is 9.75. The molecule has 1 aliphatic rings. The molecule has 1 fully saturated rings. The van der Waals surface area contributed by atoms with Gasteiger partial charge >= 0.3 is 6.09 Å². The van der Waals surface area contributed by atoms with Crippen molar-refractivity contribution >= 4 is 17.8 Å². The lowest BCUT2D eigenvalue weighted by Crippen LogP contribution is -2.33. The first kappa shape index (κ1) is 21.8. The molecule has 164 valence electrons. The first-order chi connectivity index (χ1) is 14.4. The Morgan fingerprint density at radius 2 is 2.13 bits per heavy atom. The van der Waals surface area contributed by atoms with Crippen LogP contribution in [0.2, 0.25) is 0 Å². The summed E-state index contributed by atoms with van der Waals surface area (Å²) in [5.74, 6) is 0.381. The molecule has 1 saturated carbocycles. The van der Waals surface area contributed by atoms with Gasteiger partial charge in [0.25, 0.3) is 5.91 Å². The molecule has 0 saturated heterocycles. The summed E-state index contributed by atoms with van der Waals surface area (Å²) in [6, 6.07) is 3.60. The molecule has 2 aromatic rings. The Morgan fingerprint density at radius 1 is 1.33 bits per heavy atom. The van der Waals surface area contributed by atoms with Crippen molar-refractivity contribution in [2.75, 3.05) is 12.4 Å². The molecule has 1 aliphatic carbocycles. The number of rotatable bonds is 8. The Labute approximate surface area is 175 Å². The molecule has 10 nitrogen and oxygen atoms in total. The number of aromatic nitrogens is 4. The minimum absolute atomic E-state index is 0.0445. The van der Waals surface area contributed by atoms with Crippen molar-refractivity contribution in [1.29, 1.82) is 0 Å².